The number of nitrogens with zero attached hydrogens (tertiary/aromatic N) is 1. The second kappa shape index (κ2) is 4.55. The summed E-state index contributed by atoms with van der Waals surface area (Å²) in [4.78, 5) is 4.09. The van der Waals surface area contributed by atoms with Gasteiger partial charge in [-0.2, -0.15) is 0 Å². The molecule has 0 bridgehead atoms. The lowest BCUT2D eigenvalue weighted by Crippen LogP contribution is -2.02. The minimum Gasteiger partial charge on any atom is -0.366 e. The van der Waals surface area contributed by atoms with Crippen LogP contribution in [0.15, 0.2) is 48.7 Å². The highest BCUT2D eigenvalue weighted by molar-refractivity contribution is 5.34. The molecular formula is C12H11FN2. The lowest BCUT2D eigenvalue weighted by molar-refractivity contribution is 0.613. The van der Waals surface area contributed by atoms with Gasteiger partial charge < -0.3 is 5.32 Å². The molecule has 2 aromatic rings. The van der Waals surface area contributed by atoms with E-state index in [1.54, 1.807) is 18.3 Å². The molecule has 0 atom stereocenters. The van der Waals surface area contributed by atoms with Gasteiger partial charge >= 0.3 is 0 Å². The lowest BCUT2D eigenvalue weighted by atomic mass is 10.2. The summed E-state index contributed by atoms with van der Waals surface area (Å²) in [6.45, 7) is 0.448. The number of hydrogen-bond acceptors (Lipinski definition) is 2. The maximum absolute atomic E-state index is 13.2. The van der Waals surface area contributed by atoms with E-state index in [0.717, 1.165) is 5.82 Å². The summed E-state index contributed by atoms with van der Waals surface area (Å²) in [6, 6.07) is 12.3. The predicted molar refractivity (Wildman–Crippen MR) is 58.0 cm³/mol. The van der Waals surface area contributed by atoms with Crippen LogP contribution in [0.1, 0.15) is 5.56 Å². The highest BCUT2D eigenvalue weighted by Crippen LogP contribution is 2.08. The molecule has 0 aliphatic rings. The van der Waals surface area contributed by atoms with E-state index in [0.29, 0.717) is 12.1 Å². The summed E-state index contributed by atoms with van der Waals surface area (Å²) in [7, 11) is 0. The van der Waals surface area contributed by atoms with Crippen molar-refractivity contribution in [1.29, 1.82) is 0 Å². The maximum atomic E-state index is 13.2. The smallest absolute Gasteiger partial charge is 0.128 e. The first kappa shape index (κ1) is 9.65. The molecule has 2 nitrogen and oxygen atoms in total. The standard InChI is InChI=1S/C12H11FN2/c13-11-6-2-1-5-10(11)9-15-12-7-3-4-8-14-12/h1-8H,9H2,(H,14,15). The second-order valence-corrected chi connectivity index (χ2v) is 3.16. The van der Waals surface area contributed by atoms with E-state index in [1.807, 2.05) is 24.3 Å². The second-order valence-electron chi connectivity index (χ2n) is 3.16. The van der Waals surface area contributed by atoms with Gasteiger partial charge in [0, 0.05) is 18.3 Å². The first-order valence-corrected chi connectivity index (χ1v) is 4.74. The summed E-state index contributed by atoms with van der Waals surface area (Å²) in [5, 5.41) is 3.05. The molecule has 1 N–H and O–H groups in total. The van der Waals surface area contributed by atoms with Gasteiger partial charge in [-0.15, -0.1) is 0 Å². The van der Waals surface area contributed by atoms with Crippen molar-refractivity contribution in [3.63, 3.8) is 0 Å². The largest absolute Gasteiger partial charge is 0.366 e. The molecule has 1 aromatic heterocycles. The fraction of sp³-hybridized carbons (Fsp3) is 0.0833. The number of rotatable bonds is 3. The van der Waals surface area contributed by atoms with Crippen molar-refractivity contribution in [1.82, 2.24) is 4.98 Å². The Morgan fingerprint density at radius 3 is 2.60 bits per heavy atom. The van der Waals surface area contributed by atoms with Crippen molar-refractivity contribution in [3.8, 4) is 0 Å². The molecule has 3 heteroatoms. The van der Waals surface area contributed by atoms with Crippen LogP contribution in [-0.2, 0) is 6.54 Å². The Kier molecular flexibility index (Phi) is 2.93. The van der Waals surface area contributed by atoms with E-state index < -0.39 is 0 Å². The van der Waals surface area contributed by atoms with Crippen LogP contribution >= 0.6 is 0 Å². The number of anilines is 1. The zero-order chi connectivity index (χ0) is 10.5. The van der Waals surface area contributed by atoms with Crippen LogP contribution < -0.4 is 5.32 Å². The zero-order valence-electron chi connectivity index (χ0n) is 8.15. The van der Waals surface area contributed by atoms with Crippen molar-refractivity contribution in [3.05, 3.63) is 60.0 Å². The van der Waals surface area contributed by atoms with E-state index in [4.69, 9.17) is 0 Å². The zero-order valence-corrected chi connectivity index (χ0v) is 8.15. The van der Waals surface area contributed by atoms with Crippen LogP contribution in [0.2, 0.25) is 0 Å². The van der Waals surface area contributed by atoms with E-state index >= 15 is 0 Å². The normalized spacial score (nSPS) is 9.93. The Labute approximate surface area is 87.8 Å². The molecule has 0 spiro atoms. The van der Waals surface area contributed by atoms with Gasteiger partial charge in [0.1, 0.15) is 11.6 Å². The third-order valence-electron chi connectivity index (χ3n) is 2.08. The molecule has 1 aromatic carbocycles. The Hall–Kier alpha value is -1.90. The monoisotopic (exact) mass is 202 g/mol. The molecule has 0 saturated carbocycles. The van der Waals surface area contributed by atoms with Gasteiger partial charge in [-0.3, -0.25) is 0 Å². The molecule has 0 aliphatic carbocycles. The van der Waals surface area contributed by atoms with E-state index in [1.165, 1.54) is 6.07 Å². The van der Waals surface area contributed by atoms with Crippen molar-refractivity contribution in [2.75, 3.05) is 5.32 Å². The quantitative estimate of drug-likeness (QED) is 0.827. The molecule has 0 radical (unpaired) electrons. The molecular weight excluding hydrogens is 191 g/mol. The van der Waals surface area contributed by atoms with E-state index in [-0.39, 0.29) is 5.82 Å². The highest BCUT2D eigenvalue weighted by atomic mass is 19.1. The van der Waals surface area contributed by atoms with Crippen molar-refractivity contribution >= 4 is 5.82 Å². The average molecular weight is 202 g/mol. The van der Waals surface area contributed by atoms with Crippen LogP contribution in [0.25, 0.3) is 0 Å². The third kappa shape index (κ3) is 2.53. The van der Waals surface area contributed by atoms with Crippen LogP contribution in [0.3, 0.4) is 0 Å². The summed E-state index contributed by atoms with van der Waals surface area (Å²) in [6.07, 6.45) is 1.70. The summed E-state index contributed by atoms with van der Waals surface area (Å²) < 4.78 is 13.2. The summed E-state index contributed by atoms with van der Waals surface area (Å²) >= 11 is 0. The van der Waals surface area contributed by atoms with Crippen molar-refractivity contribution in [2.45, 2.75) is 6.54 Å². The van der Waals surface area contributed by atoms with Crippen molar-refractivity contribution < 1.29 is 4.39 Å². The van der Waals surface area contributed by atoms with Gasteiger partial charge in [-0.05, 0) is 18.2 Å². The SMILES string of the molecule is Fc1ccccc1CNc1ccccn1. The van der Waals surface area contributed by atoms with Gasteiger partial charge in [0.15, 0.2) is 0 Å². The first-order valence-electron chi connectivity index (χ1n) is 4.74. The summed E-state index contributed by atoms with van der Waals surface area (Å²) in [5.74, 6) is 0.557. The minimum absolute atomic E-state index is 0.194. The molecule has 0 fully saturated rings. The number of pyridine rings is 1. The number of benzene rings is 1. The average Bonchev–Trinajstić information content (AvgIpc) is 2.29. The van der Waals surface area contributed by atoms with Crippen LogP contribution in [-0.4, -0.2) is 4.98 Å². The Morgan fingerprint density at radius 2 is 1.87 bits per heavy atom. The van der Waals surface area contributed by atoms with Gasteiger partial charge in [0.05, 0.1) is 0 Å². The number of nitrogens with one attached hydrogen (secondary N) is 1. The van der Waals surface area contributed by atoms with Gasteiger partial charge in [-0.1, -0.05) is 24.3 Å². The van der Waals surface area contributed by atoms with Gasteiger partial charge in [0.2, 0.25) is 0 Å². The van der Waals surface area contributed by atoms with E-state index in [9.17, 15) is 4.39 Å². The lowest BCUT2D eigenvalue weighted by Gasteiger charge is -2.05. The van der Waals surface area contributed by atoms with Gasteiger partial charge in [0.25, 0.3) is 0 Å². The summed E-state index contributed by atoms with van der Waals surface area (Å²) in [5.41, 5.74) is 0.642. The molecule has 1 heterocycles. The Bertz CT molecular complexity index is 429. The highest BCUT2D eigenvalue weighted by Gasteiger charge is 1.99. The molecule has 0 saturated heterocycles. The van der Waals surface area contributed by atoms with Crippen LogP contribution in [0.5, 0.6) is 0 Å². The first-order chi connectivity index (χ1) is 7.36. The number of hydrogen-bond donors (Lipinski definition) is 1. The Balaban J connectivity index is 2.03. The van der Waals surface area contributed by atoms with Crippen molar-refractivity contribution in [2.24, 2.45) is 0 Å². The molecule has 76 valence electrons. The third-order valence-corrected chi connectivity index (χ3v) is 2.08. The maximum Gasteiger partial charge on any atom is 0.128 e. The van der Waals surface area contributed by atoms with E-state index in [2.05, 4.69) is 10.3 Å². The molecule has 15 heavy (non-hydrogen) atoms. The topological polar surface area (TPSA) is 24.9 Å². The molecule has 0 amide bonds. The number of aromatic nitrogens is 1. The Morgan fingerprint density at radius 1 is 1.07 bits per heavy atom. The molecule has 0 unspecified atom stereocenters. The van der Waals surface area contributed by atoms with Gasteiger partial charge in [-0.25, -0.2) is 9.37 Å². The minimum atomic E-state index is -0.194. The van der Waals surface area contributed by atoms with Crippen LogP contribution in [0.4, 0.5) is 10.2 Å². The number of halogens is 1. The fourth-order valence-corrected chi connectivity index (χ4v) is 1.29. The predicted octanol–water partition coefficient (Wildman–Crippen LogP) is 2.83. The fourth-order valence-electron chi connectivity index (χ4n) is 1.29. The molecule has 0 aliphatic heterocycles. The van der Waals surface area contributed by atoms with Crippen LogP contribution in [0, 0.1) is 5.82 Å². The molecule has 2 rings (SSSR count).